The van der Waals surface area contributed by atoms with Crippen LogP contribution < -0.4 is 5.32 Å². The molecule has 2 N–H and O–H groups in total. The smallest absolute Gasteiger partial charge is 0.408 e. The summed E-state index contributed by atoms with van der Waals surface area (Å²) in [5.74, 6) is -0.986. The van der Waals surface area contributed by atoms with E-state index >= 15 is 0 Å². The summed E-state index contributed by atoms with van der Waals surface area (Å²) in [5.41, 5.74) is 1.67. The van der Waals surface area contributed by atoms with E-state index in [0.29, 0.717) is 6.29 Å². The van der Waals surface area contributed by atoms with Gasteiger partial charge in [0.2, 0.25) is 0 Å². The van der Waals surface area contributed by atoms with Crippen molar-refractivity contribution < 1.29 is 24.2 Å². The van der Waals surface area contributed by atoms with E-state index in [-0.39, 0.29) is 18.9 Å². The van der Waals surface area contributed by atoms with Gasteiger partial charge in [0.15, 0.2) is 0 Å². The maximum absolute atomic E-state index is 11.7. The summed E-state index contributed by atoms with van der Waals surface area (Å²) in [5, 5.41) is 11.6. The van der Waals surface area contributed by atoms with Crippen LogP contribution in [0, 0.1) is 0 Å². The van der Waals surface area contributed by atoms with Gasteiger partial charge in [-0.25, -0.2) is 9.59 Å². The first-order chi connectivity index (χ1) is 12.6. The van der Waals surface area contributed by atoms with E-state index in [9.17, 15) is 14.7 Å². The molecule has 0 fully saturated rings. The van der Waals surface area contributed by atoms with Gasteiger partial charge >= 0.3 is 12.1 Å². The molecular weight excluding hydrogens is 358 g/mol. The molecule has 0 heterocycles. The Bertz CT molecular complexity index is 679. The third kappa shape index (κ3) is 8.84. The largest absolute Gasteiger partial charge is 0.480 e. The Morgan fingerprint density at radius 2 is 1.54 bits per heavy atom. The Morgan fingerprint density at radius 1 is 1.04 bits per heavy atom. The first-order valence-electron chi connectivity index (χ1n) is 7.80. The standard InChI is InChI=1S/C17H17NO4.C2H3ClO/c19-16(20)15(11-13-7-3-1-4-8-13)18-17(21)22-12-14-9-5-2-6-10-14;3-1-2-4/h1-10,15H,11-12H2,(H,18,21)(H,19,20);2H,1H2/t15-;/m0./s1. The number of hydrogen-bond donors (Lipinski definition) is 2. The number of aliphatic carboxylic acids is 1. The molecule has 0 saturated heterocycles. The molecule has 0 radical (unpaired) electrons. The number of alkyl carbamates (subject to hydrolysis) is 1. The fourth-order valence-electron chi connectivity index (χ4n) is 1.96. The normalized spacial score (nSPS) is 10.7. The molecule has 0 unspecified atom stereocenters. The third-order valence-corrected chi connectivity index (χ3v) is 3.27. The average molecular weight is 378 g/mol. The van der Waals surface area contributed by atoms with Crippen molar-refractivity contribution in [3.05, 3.63) is 71.8 Å². The molecule has 0 aromatic heterocycles. The molecule has 1 atom stereocenters. The van der Waals surface area contributed by atoms with Gasteiger partial charge in [0, 0.05) is 6.42 Å². The number of carboxylic acids is 1. The van der Waals surface area contributed by atoms with Crippen LogP contribution in [0.4, 0.5) is 4.79 Å². The monoisotopic (exact) mass is 377 g/mol. The number of rotatable bonds is 7. The predicted molar refractivity (Wildman–Crippen MR) is 98.1 cm³/mol. The van der Waals surface area contributed by atoms with Crippen molar-refractivity contribution in [2.45, 2.75) is 19.1 Å². The first kappa shape index (κ1) is 21.2. The van der Waals surface area contributed by atoms with Crippen molar-refractivity contribution in [2.24, 2.45) is 0 Å². The van der Waals surface area contributed by atoms with E-state index in [1.54, 1.807) is 0 Å². The molecular formula is C19H20ClNO5. The molecule has 0 aliphatic heterocycles. The minimum absolute atomic E-state index is 0.102. The maximum Gasteiger partial charge on any atom is 0.408 e. The second kappa shape index (κ2) is 12.5. The van der Waals surface area contributed by atoms with Crippen molar-refractivity contribution in [1.82, 2.24) is 5.32 Å². The van der Waals surface area contributed by atoms with Gasteiger partial charge < -0.3 is 20.0 Å². The van der Waals surface area contributed by atoms with E-state index in [2.05, 4.69) is 5.32 Å². The highest BCUT2D eigenvalue weighted by molar-refractivity contribution is 6.24. The summed E-state index contributed by atoms with van der Waals surface area (Å²) in [6.45, 7) is 0.102. The van der Waals surface area contributed by atoms with Gasteiger partial charge in [-0.1, -0.05) is 60.7 Å². The van der Waals surface area contributed by atoms with Crippen LogP contribution in [0.5, 0.6) is 0 Å². The van der Waals surface area contributed by atoms with Gasteiger partial charge in [0.1, 0.15) is 18.9 Å². The number of aldehydes is 1. The number of nitrogens with one attached hydrogen (secondary N) is 1. The fourth-order valence-corrected chi connectivity index (χ4v) is 1.96. The number of ether oxygens (including phenoxy) is 1. The van der Waals surface area contributed by atoms with Gasteiger partial charge in [-0.05, 0) is 11.1 Å². The Labute approximate surface area is 156 Å². The number of carbonyl (C=O) groups excluding carboxylic acids is 2. The molecule has 138 valence electrons. The van der Waals surface area contributed by atoms with Gasteiger partial charge in [0.25, 0.3) is 0 Å². The second-order valence-electron chi connectivity index (χ2n) is 5.11. The Morgan fingerprint density at radius 3 is 2.00 bits per heavy atom. The molecule has 0 spiro atoms. The summed E-state index contributed by atoms with van der Waals surface area (Å²) in [6.07, 6.45) is 0.102. The third-order valence-electron chi connectivity index (χ3n) is 3.15. The highest BCUT2D eigenvalue weighted by Crippen LogP contribution is 2.05. The fraction of sp³-hybridized carbons (Fsp3) is 0.211. The first-order valence-corrected chi connectivity index (χ1v) is 8.33. The average Bonchev–Trinajstić information content (AvgIpc) is 2.67. The van der Waals surface area contributed by atoms with E-state index in [4.69, 9.17) is 21.1 Å². The molecule has 0 bridgehead atoms. The predicted octanol–water partition coefficient (Wildman–Crippen LogP) is 3.03. The summed E-state index contributed by atoms with van der Waals surface area (Å²) in [6, 6.07) is 17.3. The molecule has 2 aromatic carbocycles. The Hall–Kier alpha value is -2.86. The Balaban J connectivity index is 0.000000765. The van der Waals surface area contributed by atoms with E-state index in [1.807, 2.05) is 60.7 Å². The van der Waals surface area contributed by atoms with Gasteiger partial charge in [-0.15, -0.1) is 11.6 Å². The van der Waals surface area contributed by atoms with Gasteiger partial charge in [0.05, 0.1) is 5.88 Å². The van der Waals surface area contributed by atoms with Crippen LogP contribution in [0.3, 0.4) is 0 Å². The zero-order valence-corrected chi connectivity index (χ0v) is 14.8. The number of amides is 1. The molecule has 6 nitrogen and oxygen atoms in total. The highest BCUT2D eigenvalue weighted by atomic mass is 35.5. The van der Waals surface area contributed by atoms with Crippen molar-refractivity contribution in [2.75, 3.05) is 5.88 Å². The molecule has 0 aliphatic carbocycles. The van der Waals surface area contributed by atoms with Crippen LogP contribution >= 0.6 is 11.6 Å². The lowest BCUT2D eigenvalue weighted by Crippen LogP contribution is -2.42. The Kier molecular flexibility index (Phi) is 10.2. The summed E-state index contributed by atoms with van der Waals surface area (Å²) < 4.78 is 5.03. The summed E-state index contributed by atoms with van der Waals surface area (Å²) in [7, 11) is 0. The second-order valence-corrected chi connectivity index (χ2v) is 5.42. The zero-order chi connectivity index (χ0) is 19.2. The number of alkyl halides is 1. The summed E-state index contributed by atoms with van der Waals surface area (Å²) >= 11 is 4.82. The molecule has 26 heavy (non-hydrogen) atoms. The lowest BCUT2D eigenvalue weighted by atomic mass is 10.1. The van der Waals surface area contributed by atoms with Crippen molar-refractivity contribution in [3.63, 3.8) is 0 Å². The van der Waals surface area contributed by atoms with E-state index in [1.165, 1.54) is 0 Å². The van der Waals surface area contributed by atoms with Crippen LogP contribution in [0.2, 0.25) is 0 Å². The maximum atomic E-state index is 11.7. The lowest BCUT2D eigenvalue weighted by Gasteiger charge is -2.14. The molecule has 2 aromatic rings. The molecule has 2 rings (SSSR count). The van der Waals surface area contributed by atoms with Gasteiger partial charge in [-0.3, -0.25) is 0 Å². The molecule has 0 saturated carbocycles. The van der Waals surface area contributed by atoms with Crippen LogP contribution in [-0.2, 0) is 27.4 Å². The molecule has 7 heteroatoms. The number of benzene rings is 2. The SMILES string of the molecule is O=C(N[C@@H](Cc1ccccc1)C(=O)O)OCc1ccccc1.O=CCCl. The molecule has 1 amide bonds. The van der Waals surface area contributed by atoms with Crippen LogP contribution in [0.1, 0.15) is 11.1 Å². The van der Waals surface area contributed by atoms with E-state index < -0.39 is 18.1 Å². The highest BCUT2D eigenvalue weighted by Gasteiger charge is 2.21. The van der Waals surface area contributed by atoms with Crippen molar-refractivity contribution >= 4 is 29.9 Å². The summed E-state index contributed by atoms with van der Waals surface area (Å²) in [4.78, 5) is 32.0. The number of carboxylic acid groups (broad SMARTS) is 1. The lowest BCUT2D eigenvalue weighted by molar-refractivity contribution is -0.139. The minimum Gasteiger partial charge on any atom is -0.480 e. The van der Waals surface area contributed by atoms with Gasteiger partial charge in [-0.2, -0.15) is 0 Å². The minimum atomic E-state index is -1.10. The van der Waals surface area contributed by atoms with Crippen molar-refractivity contribution in [3.8, 4) is 0 Å². The zero-order valence-electron chi connectivity index (χ0n) is 14.0. The van der Waals surface area contributed by atoms with Crippen molar-refractivity contribution in [1.29, 1.82) is 0 Å². The topological polar surface area (TPSA) is 92.7 Å². The molecule has 0 aliphatic rings. The quantitative estimate of drug-likeness (QED) is 0.571. The van der Waals surface area contributed by atoms with Crippen LogP contribution in [0.15, 0.2) is 60.7 Å². The van der Waals surface area contributed by atoms with E-state index in [0.717, 1.165) is 11.1 Å². The van der Waals surface area contributed by atoms with Crippen LogP contribution in [-0.4, -0.2) is 35.4 Å². The number of halogens is 1. The van der Waals surface area contributed by atoms with Crippen LogP contribution in [0.25, 0.3) is 0 Å². The number of hydrogen-bond acceptors (Lipinski definition) is 4. The number of carbonyl (C=O) groups is 3.